The second-order valence-electron chi connectivity index (χ2n) is 2.59. The fourth-order valence-corrected chi connectivity index (χ4v) is 0.993. The summed E-state index contributed by atoms with van der Waals surface area (Å²) in [6, 6.07) is 5.22. The van der Waals surface area contributed by atoms with Crippen molar-refractivity contribution in [2.45, 2.75) is 0 Å². The van der Waals surface area contributed by atoms with Gasteiger partial charge in [0.15, 0.2) is 5.82 Å². The Labute approximate surface area is 82.1 Å². The van der Waals surface area contributed by atoms with E-state index in [1.54, 1.807) is 19.2 Å². The van der Waals surface area contributed by atoms with Gasteiger partial charge in [0.1, 0.15) is 6.07 Å². The molecule has 0 spiro atoms. The summed E-state index contributed by atoms with van der Waals surface area (Å²) in [5, 5.41) is 8.77. The van der Waals surface area contributed by atoms with E-state index in [4.69, 9.17) is 5.26 Å². The number of rotatable bonds is 2. The molecule has 0 bridgehead atoms. The normalized spacial score (nSPS) is 8.86. The summed E-state index contributed by atoms with van der Waals surface area (Å²) in [4.78, 5) is 16.5. The third-order valence-corrected chi connectivity index (χ3v) is 1.73. The SMILES string of the molecule is C=CC(=O)N(C)c1ncccc1C#N. The first kappa shape index (κ1) is 9.93. The van der Waals surface area contributed by atoms with Gasteiger partial charge in [-0.15, -0.1) is 0 Å². The first-order valence-electron chi connectivity index (χ1n) is 3.96. The molecular weight excluding hydrogens is 178 g/mol. The summed E-state index contributed by atoms with van der Waals surface area (Å²) in [5.74, 6) is 0.0556. The molecule has 0 aliphatic heterocycles. The van der Waals surface area contributed by atoms with Gasteiger partial charge in [0.05, 0.1) is 5.56 Å². The standard InChI is InChI=1S/C10H9N3O/c1-3-9(14)13(2)10-8(7-11)5-4-6-12-10/h3-6H,1H2,2H3. The maximum Gasteiger partial charge on any atom is 0.251 e. The lowest BCUT2D eigenvalue weighted by atomic mass is 10.2. The maximum absolute atomic E-state index is 11.2. The third-order valence-electron chi connectivity index (χ3n) is 1.73. The molecule has 1 heterocycles. The van der Waals surface area contributed by atoms with E-state index in [9.17, 15) is 4.79 Å². The number of likely N-dealkylation sites (N-methyl/N-ethyl adjacent to an activating group) is 1. The Morgan fingerprint density at radius 3 is 3.07 bits per heavy atom. The van der Waals surface area contributed by atoms with Crippen LogP contribution in [0.2, 0.25) is 0 Å². The lowest BCUT2D eigenvalue weighted by Gasteiger charge is -2.14. The third kappa shape index (κ3) is 1.77. The molecule has 1 amide bonds. The van der Waals surface area contributed by atoms with E-state index in [1.165, 1.54) is 17.2 Å². The molecule has 1 aromatic rings. The zero-order valence-electron chi connectivity index (χ0n) is 7.77. The molecule has 4 heteroatoms. The van der Waals surface area contributed by atoms with Gasteiger partial charge in [-0.25, -0.2) is 4.98 Å². The van der Waals surface area contributed by atoms with E-state index < -0.39 is 0 Å². The van der Waals surface area contributed by atoms with Crippen molar-refractivity contribution in [3.05, 3.63) is 36.5 Å². The molecule has 0 fully saturated rings. The first-order chi connectivity index (χ1) is 6.70. The topological polar surface area (TPSA) is 57.0 Å². The van der Waals surface area contributed by atoms with Crippen LogP contribution in [0.15, 0.2) is 31.0 Å². The smallest absolute Gasteiger partial charge is 0.251 e. The molecule has 0 aromatic carbocycles. The monoisotopic (exact) mass is 187 g/mol. The Bertz CT molecular complexity index is 406. The van der Waals surface area contributed by atoms with Crippen LogP contribution in [0.3, 0.4) is 0 Å². The zero-order chi connectivity index (χ0) is 10.6. The number of carbonyl (C=O) groups excluding carboxylic acids is 1. The zero-order valence-corrected chi connectivity index (χ0v) is 7.77. The highest BCUT2D eigenvalue weighted by molar-refractivity contribution is 6.00. The lowest BCUT2D eigenvalue weighted by Crippen LogP contribution is -2.25. The van der Waals surface area contributed by atoms with Gasteiger partial charge in [0, 0.05) is 13.2 Å². The van der Waals surface area contributed by atoms with E-state index in [0.717, 1.165) is 0 Å². The van der Waals surface area contributed by atoms with Crippen LogP contribution in [0.4, 0.5) is 5.82 Å². The summed E-state index contributed by atoms with van der Waals surface area (Å²) in [6.45, 7) is 3.36. The number of hydrogen-bond donors (Lipinski definition) is 0. The lowest BCUT2D eigenvalue weighted by molar-refractivity contribution is -0.113. The Balaban J connectivity index is 3.13. The molecule has 0 aliphatic carbocycles. The van der Waals surface area contributed by atoms with Crippen LogP contribution in [-0.2, 0) is 4.79 Å². The molecule has 1 rings (SSSR count). The number of amides is 1. The first-order valence-corrected chi connectivity index (χ1v) is 3.96. The Morgan fingerprint density at radius 2 is 2.50 bits per heavy atom. The van der Waals surface area contributed by atoms with Crippen LogP contribution in [-0.4, -0.2) is 17.9 Å². The molecule has 0 saturated heterocycles. The van der Waals surface area contributed by atoms with Crippen molar-refractivity contribution >= 4 is 11.7 Å². The van der Waals surface area contributed by atoms with Crippen molar-refractivity contribution in [3.8, 4) is 6.07 Å². The fraction of sp³-hybridized carbons (Fsp3) is 0.100. The number of aromatic nitrogens is 1. The van der Waals surface area contributed by atoms with E-state index in [-0.39, 0.29) is 5.91 Å². The van der Waals surface area contributed by atoms with Crippen LogP contribution >= 0.6 is 0 Å². The Hall–Kier alpha value is -2.15. The van der Waals surface area contributed by atoms with Crippen LogP contribution in [0, 0.1) is 11.3 Å². The highest BCUT2D eigenvalue weighted by Gasteiger charge is 2.12. The minimum absolute atomic E-state index is 0.291. The van der Waals surface area contributed by atoms with Gasteiger partial charge in [-0.05, 0) is 18.2 Å². The van der Waals surface area contributed by atoms with E-state index in [2.05, 4.69) is 11.6 Å². The highest BCUT2D eigenvalue weighted by Crippen LogP contribution is 2.14. The summed E-state index contributed by atoms with van der Waals surface area (Å²) in [6.07, 6.45) is 2.71. The predicted octanol–water partition coefficient (Wildman–Crippen LogP) is 1.10. The summed E-state index contributed by atoms with van der Waals surface area (Å²) >= 11 is 0. The maximum atomic E-state index is 11.2. The minimum atomic E-state index is -0.291. The summed E-state index contributed by atoms with van der Waals surface area (Å²) in [5.41, 5.74) is 0.366. The molecule has 0 aliphatic rings. The van der Waals surface area contributed by atoms with Crippen molar-refractivity contribution in [3.63, 3.8) is 0 Å². The van der Waals surface area contributed by atoms with Crippen molar-refractivity contribution < 1.29 is 4.79 Å². The van der Waals surface area contributed by atoms with Crippen molar-refractivity contribution in [2.75, 3.05) is 11.9 Å². The summed E-state index contributed by atoms with van der Waals surface area (Å²) < 4.78 is 0. The van der Waals surface area contributed by atoms with Crippen LogP contribution in [0.1, 0.15) is 5.56 Å². The number of pyridine rings is 1. The van der Waals surface area contributed by atoms with Crippen LogP contribution < -0.4 is 4.90 Å². The van der Waals surface area contributed by atoms with Crippen molar-refractivity contribution in [2.24, 2.45) is 0 Å². The molecule has 0 atom stereocenters. The van der Waals surface area contributed by atoms with Gasteiger partial charge in [-0.3, -0.25) is 9.69 Å². The largest absolute Gasteiger partial charge is 0.295 e. The van der Waals surface area contributed by atoms with Crippen LogP contribution in [0.5, 0.6) is 0 Å². The van der Waals surface area contributed by atoms with Crippen molar-refractivity contribution in [1.29, 1.82) is 5.26 Å². The molecule has 70 valence electrons. The molecule has 0 N–H and O–H groups in total. The van der Waals surface area contributed by atoms with Crippen molar-refractivity contribution in [1.82, 2.24) is 4.98 Å². The fourth-order valence-electron chi connectivity index (χ4n) is 0.993. The van der Waals surface area contributed by atoms with E-state index >= 15 is 0 Å². The number of nitrogens with zero attached hydrogens (tertiary/aromatic N) is 3. The van der Waals surface area contributed by atoms with E-state index in [1.807, 2.05) is 6.07 Å². The average molecular weight is 187 g/mol. The molecule has 14 heavy (non-hydrogen) atoms. The molecule has 0 radical (unpaired) electrons. The van der Waals surface area contributed by atoms with Gasteiger partial charge in [-0.2, -0.15) is 5.26 Å². The minimum Gasteiger partial charge on any atom is -0.295 e. The van der Waals surface area contributed by atoms with Gasteiger partial charge < -0.3 is 0 Å². The van der Waals surface area contributed by atoms with Crippen LogP contribution in [0.25, 0.3) is 0 Å². The van der Waals surface area contributed by atoms with Gasteiger partial charge in [0.2, 0.25) is 0 Å². The molecule has 0 saturated carbocycles. The predicted molar refractivity (Wildman–Crippen MR) is 52.6 cm³/mol. The number of carbonyl (C=O) groups is 1. The number of hydrogen-bond acceptors (Lipinski definition) is 3. The van der Waals surface area contributed by atoms with Gasteiger partial charge >= 0.3 is 0 Å². The Kier molecular flexibility index (Phi) is 2.97. The van der Waals surface area contributed by atoms with E-state index in [0.29, 0.717) is 11.4 Å². The van der Waals surface area contributed by atoms with Gasteiger partial charge in [0.25, 0.3) is 5.91 Å². The second kappa shape index (κ2) is 4.19. The second-order valence-corrected chi connectivity index (χ2v) is 2.59. The average Bonchev–Trinajstić information content (AvgIpc) is 2.26. The molecule has 0 unspecified atom stereocenters. The molecule has 4 nitrogen and oxygen atoms in total. The molecule has 1 aromatic heterocycles. The van der Waals surface area contributed by atoms with Gasteiger partial charge in [-0.1, -0.05) is 6.58 Å². The number of anilines is 1. The Morgan fingerprint density at radius 1 is 1.79 bits per heavy atom. The number of nitriles is 1. The highest BCUT2D eigenvalue weighted by atomic mass is 16.2. The molecular formula is C10H9N3O. The summed E-state index contributed by atoms with van der Waals surface area (Å²) in [7, 11) is 1.55. The quantitative estimate of drug-likeness (QED) is 0.651.